The molecule has 1 unspecified atom stereocenters. The lowest BCUT2D eigenvalue weighted by molar-refractivity contribution is 0.582. The third-order valence-corrected chi connectivity index (χ3v) is 3.81. The van der Waals surface area contributed by atoms with Crippen LogP contribution in [0.15, 0.2) is 12.1 Å². The molecule has 1 N–H and O–H groups in total. The van der Waals surface area contributed by atoms with Gasteiger partial charge in [0.15, 0.2) is 0 Å². The number of rotatable bonds is 4. The van der Waals surface area contributed by atoms with Gasteiger partial charge in [-0.25, -0.2) is 0 Å². The zero-order chi connectivity index (χ0) is 13.9. The summed E-state index contributed by atoms with van der Waals surface area (Å²) in [6, 6.07) is 4.75. The predicted molar refractivity (Wildman–Crippen MR) is 81.6 cm³/mol. The van der Waals surface area contributed by atoms with Crippen LogP contribution >= 0.6 is 0 Å². The van der Waals surface area contributed by atoms with Gasteiger partial charge in [-0.2, -0.15) is 0 Å². The average molecular weight is 247 g/mol. The Balaban J connectivity index is 3.23. The minimum Gasteiger partial charge on any atom is -0.319 e. The first kappa shape index (κ1) is 15.2. The minimum absolute atomic E-state index is 0.235. The van der Waals surface area contributed by atoms with E-state index in [2.05, 4.69) is 59.0 Å². The second-order valence-corrected chi connectivity index (χ2v) is 6.44. The fourth-order valence-corrected chi connectivity index (χ4v) is 2.75. The highest BCUT2D eigenvalue weighted by Gasteiger charge is 2.19. The Hall–Kier alpha value is -0.820. The van der Waals surface area contributed by atoms with Gasteiger partial charge in [0, 0.05) is 6.54 Å². The molecule has 102 valence electrons. The van der Waals surface area contributed by atoms with Crippen molar-refractivity contribution < 1.29 is 0 Å². The molecule has 0 aliphatic heterocycles. The van der Waals surface area contributed by atoms with Crippen LogP contribution in [0.1, 0.15) is 62.3 Å². The van der Waals surface area contributed by atoms with Crippen molar-refractivity contribution in [2.45, 2.75) is 59.3 Å². The van der Waals surface area contributed by atoms with Gasteiger partial charge in [0.1, 0.15) is 0 Å². The SMILES string of the molecule is CCC(CNC)c1c(C)cc(C(C)(C)C)cc1C. The Morgan fingerprint density at radius 1 is 1.11 bits per heavy atom. The van der Waals surface area contributed by atoms with Gasteiger partial charge in [0.25, 0.3) is 0 Å². The van der Waals surface area contributed by atoms with Crippen molar-refractivity contribution in [2.75, 3.05) is 13.6 Å². The second-order valence-electron chi connectivity index (χ2n) is 6.44. The summed E-state index contributed by atoms with van der Waals surface area (Å²) < 4.78 is 0. The van der Waals surface area contributed by atoms with Gasteiger partial charge in [-0.15, -0.1) is 0 Å². The first-order chi connectivity index (χ1) is 8.31. The number of nitrogens with one attached hydrogen (secondary N) is 1. The smallest absolute Gasteiger partial charge is 0.00172 e. The van der Waals surface area contributed by atoms with Gasteiger partial charge in [-0.3, -0.25) is 0 Å². The maximum absolute atomic E-state index is 3.32. The van der Waals surface area contributed by atoms with E-state index in [1.807, 2.05) is 7.05 Å². The lowest BCUT2D eigenvalue weighted by atomic mass is 9.81. The second kappa shape index (κ2) is 5.88. The molecule has 0 spiro atoms. The van der Waals surface area contributed by atoms with Crippen LogP contribution in [0.25, 0.3) is 0 Å². The number of hydrogen-bond donors (Lipinski definition) is 1. The van der Waals surface area contributed by atoms with Gasteiger partial charge in [-0.05, 0) is 60.9 Å². The molecule has 0 aliphatic carbocycles. The van der Waals surface area contributed by atoms with E-state index < -0.39 is 0 Å². The average Bonchev–Trinajstić information content (AvgIpc) is 2.25. The van der Waals surface area contributed by atoms with Crippen molar-refractivity contribution in [1.82, 2.24) is 5.32 Å². The van der Waals surface area contributed by atoms with Crippen molar-refractivity contribution in [3.8, 4) is 0 Å². The lowest BCUT2D eigenvalue weighted by Gasteiger charge is -2.25. The Kier molecular flexibility index (Phi) is 4.98. The molecule has 1 aromatic rings. The van der Waals surface area contributed by atoms with E-state index >= 15 is 0 Å². The molecular formula is C17H29N. The molecule has 1 rings (SSSR count). The molecule has 0 aliphatic rings. The highest BCUT2D eigenvalue weighted by Crippen LogP contribution is 2.31. The van der Waals surface area contributed by atoms with Crippen molar-refractivity contribution in [2.24, 2.45) is 0 Å². The Labute approximate surface area is 113 Å². The van der Waals surface area contributed by atoms with E-state index in [4.69, 9.17) is 0 Å². The molecule has 0 saturated heterocycles. The van der Waals surface area contributed by atoms with Crippen LogP contribution in [-0.2, 0) is 5.41 Å². The lowest BCUT2D eigenvalue weighted by Crippen LogP contribution is -2.19. The summed E-state index contributed by atoms with van der Waals surface area (Å²) in [4.78, 5) is 0. The molecule has 0 aromatic heterocycles. The summed E-state index contributed by atoms with van der Waals surface area (Å²) in [7, 11) is 2.04. The zero-order valence-electron chi connectivity index (χ0n) is 13.1. The van der Waals surface area contributed by atoms with Crippen molar-refractivity contribution in [1.29, 1.82) is 0 Å². The maximum Gasteiger partial charge on any atom is 0.00172 e. The van der Waals surface area contributed by atoms with Gasteiger partial charge < -0.3 is 5.32 Å². The normalized spacial score (nSPS) is 13.7. The number of hydrogen-bond acceptors (Lipinski definition) is 1. The topological polar surface area (TPSA) is 12.0 Å². The maximum atomic E-state index is 3.32. The van der Waals surface area contributed by atoms with E-state index in [1.54, 1.807) is 5.56 Å². The zero-order valence-corrected chi connectivity index (χ0v) is 13.1. The molecule has 0 fully saturated rings. The summed E-state index contributed by atoms with van der Waals surface area (Å²) >= 11 is 0. The molecule has 1 nitrogen and oxygen atoms in total. The van der Waals surface area contributed by atoms with Crippen LogP contribution in [0.2, 0.25) is 0 Å². The van der Waals surface area contributed by atoms with Crippen molar-refractivity contribution in [3.05, 3.63) is 34.4 Å². The molecule has 1 aromatic carbocycles. The molecule has 0 saturated carbocycles. The summed E-state index contributed by atoms with van der Waals surface area (Å²) in [5.41, 5.74) is 6.11. The Bertz CT molecular complexity index is 376. The van der Waals surface area contributed by atoms with Crippen LogP contribution in [-0.4, -0.2) is 13.6 Å². The van der Waals surface area contributed by atoms with Crippen LogP contribution < -0.4 is 5.32 Å². The van der Waals surface area contributed by atoms with E-state index in [0.29, 0.717) is 5.92 Å². The summed E-state index contributed by atoms with van der Waals surface area (Å²) in [6.45, 7) is 14.7. The standard InChI is InChI=1S/C17H29N/c1-8-14(11-18-7)16-12(2)9-15(10-13(16)3)17(4,5)6/h9-10,14,18H,8,11H2,1-7H3. The van der Waals surface area contributed by atoms with Crippen molar-refractivity contribution >= 4 is 0 Å². The third-order valence-electron chi connectivity index (χ3n) is 3.81. The quantitative estimate of drug-likeness (QED) is 0.836. The van der Waals surface area contributed by atoms with Crippen LogP contribution in [0, 0.1) is 13.8 Å². The summed E-state index contributed by atoms with van der Waals surface area (Å²) in [6.07, 6.45) is 1.19. The van der Waals surface area contributed by atoms with Crippen molar-refractivity contribution in [3.63, 3.8) is 0 Å². The molecule has 0 heterocycles. The highest BCUT2D eigenvalue weighted by molar-refractivity contribution is 5.42. The fraction of sp³-hybridized carbons (Fsp3) is 0.647. The van der Waals surface area contributed by atoms with E-state index in [1.165, 1.54) is 23.1 Å². The van der Waals surface area contributed by atoms with E-state index in [-0.39, 0.29) is 5.41 Å². The monoisotopic (exact) mass is 247 g/mol. The molecule has 0 bridgehead atoms. The first-order valence-electron chi connectivity index (χ1n) is 7.07. The van der Waals surface area contributed by atoms with E-state index in [0.717, 1.165) is 6.54 Å². The van der Waals surface area contributed by atoms with Crippen LogP contribution in [0.3, 0.4) is 0 Å². The number of benzene rings is 1. The van der Waals surface area contributed by atoms with E-state index in [9.17, 15) is 0 Å². The molecule has 0 radical (unpaired) electrons. The summed E-state index contributed by atoms with van der Waals surface area (Å²) in [5, 5.41) is 3.32. The molecule has 0 amide bonds. The van der Waals surface area contributed by atoms with Gasteiger partial charge in [0.05, 0.1) is 0 Å². The van der Waals surface area contributed by atoms with Crippen LogP contribution in [0.4, 0.5) is 0 Å². The Morgan fingerprint density at radius 2 is 1.61 bits per heavy atom. The number of aryl methyl sites for hydroxylation is 2. The predicted octanol–water partition coefficient (Wildman–Crippen LogP) is 4.31. The largest absolute Gasteiger partial charge is 0.319 e. The fourth-order valence-electron chi connectivity index (χ4n) is 2.75. The van der Waals surface area contributed by atoms with Gasteiger partial charge >= 0.3 is 0 Å². The molecule has 18 heavy (non-hydrogen) atoms. The molecular weight excluding hydrogens is 218 g/mol. The first-order valence-corrected chi connectivity index (χ1v) is 7.07. The van der Waals surface area contributed by atoms with Gasteiger partial charge in [-0.1, -0.05) is 39.8 Å². The molecule has 1 heteroatoms. The number of likely N-dealkylation sites (N-methyl/N-ethyl adjacent to an activating group) is 1. The Morgan fingerprint density at radius 3 is 1.94 bits per heavy atom. The highest BCUT2D eigenvalue weighted by atomic mass is 14.8. The third kappa shape index (κ3) is 3.35. The van der Waals surface area contributed by atoms with Crippen LogP contribution in [0.5, 0.6) is 0 Å². The molecule has 1 atom stereocenters. The minimum atomic E-state index is 0.235. The van der Waals surface area contributed by atoms with Gasteiger partial charge in [0.2, 0.25) is 0 Å². The summed E-state index contributed by atoms with van der Waals surface area (Å²) in [5.74, 6) is 0.629.